The lowest BCUT2D eigenvalue weighted by Crippen LogP contribution is -2.20. The first-order chi connectivity index (χ1) is 18.8. The van der Waals surface area contributed by atoms with E-state index in [0.717, 1.165) is 0 Å². The van der Waals surface area contributed by atoms with Crippen LogP contribution in [0.5, 0.6) is 11.5 Å². The number of aromatic nitrogens is 2. The number of carbonyl (C=O) groups is 2. The summed E-state index contributed by atoms with van der Waals surface area (Å²) in [5, 5.41) is 13.8. The second-order valence-electron chi connectivity index (χ2n) is 8.15. The fourth-order valence-electron chi connectivity index (χ4n) is 3.61. The van der Waals surface area contributed by atoms with Gasteiger partial charge in [0.15, 0.2) is 23.9 Å². The maximum atomic E-state index is 14.4. The number of carbonyl (C=O) groups excluding carboxylic acids is 2. The Kier molecular flexibility index (Phi) is 8.52. The summed E-state index contributed by atoms with van der Waals surface area (Å²) in [5.74, 6) is -0.857. The van der Waals surface area contributed by atoms with Crippen molar-refractivity contribution in [3.05, 3.63) is 77.3 Å². The van der Waals surface area contributed by atoms with Crippen molar-refractivity contribution in [1.29, 1.82) is 5.41 Å². The molecule has 10 nitrogen and oxygen atoms in total. The molecule has 1 heterocycles. The predicted molar refractivity (Wildman–Crippen MR) is 145 cm³/mol. The number of anilines is 3. The third-order valence-corrected chi connectivity index (χ3v) is 5.83. The minimum Gasteiger partial charge on any atom is -0.493 e. The molecule has 0 aliphatic heterocycles. The lowest BCUT2D eigenvalue weighted by molar-refractivity contribution is -0.132. The number of benzene rings is 3. The maximum Gasteiger partial charge on any atom is 0.352 e. The zero-order valence-electron chi connectivity index (χ0n) is 20.9. The number of rotatable bonds is 10. The quantitative estimate of drug-likeness (QED) is 0.186. The van der Waals surface area contributed by atoms with Crippen molar-refractivity contribution in [3.8, 4) is 11.5 Å². The van der Waals surface area contributed by atoms with Gasteiger partial charge in [0.1, 0.15) is 17.9 Å². The predicted octanol–water partition coefficient (Wildman–Crippen LogP) is 4.93. The van der Waals surface area contributed by atoms with Crippen LogP contribution in [0.15, 0.2) is 60.9 Å². The van der Waals surface area contributed by atoms with Crippen LogP contribution in [0.4, 0.5) is 21.6 Å². The van der Waals surface area contributed by atoms with Gasteiger partial charge in [0.05, 0.1) is 30.4 Å². The summed E-state index contributed by atoms with van der Waals surface area (Å²) in [7, 11) is 2.67. The Morgan fingerprint density at radius 1 is 1.05 bits per heavy atom. The Balaban J connectivity index is 1.46. The standard InChI is InChI=1S/C27H23ClFN5O5/c1-37-22-12-21-17(26(32-14-31-21)34-20-5-3-4-18(28)25(20)29)11-23(22)39-13-24(35)33-16-8-6-15(7-9-16)10-19(30)27(36)38-2/h3-9,11-12,14,30H,10,13H2,1-2H3,(H,33,35)(H,31,32,34). The van der Waals surface area contributed by atoms with Gasteiger partial charge >= 0.3 is 5.97 Å². The highest BCUT2D eigenvalue weighted by Crippen LogP contribution is 2.35. The van der Waals surface area contributed by atoms with Crippen LogP contribution < -0.4 is 20.1 Å². The van der Waals surface area contributed by atoms with Gasteiger partial charge in [0.2, 0.25) is 0 Å². The average molecular weight is 552 g/mol. The van der Waals surface area contributed by atoms with Crippen molar-refractivity contribution < 1.29 is 28.2 Å². The van der Waals surface area contributed by atoms with Gasteiger partial charge < -0.3 is 24.8 Å². The largest absolute Gasteiger partial charge is 0.493 e. The van der Waals surface area contributed by atoms with E-state index in [0.29, 0.717) is 33.7 Å². The van der Waals surface area contributed by atoms with E-state index in [1.165, 1.54) is 32.7 Å². The number of nitrogens with zero attached hydrogens (tertiary/aromatic N) is 2. The molecule has 200 valence electrons. The normalized spacial score (nSPS) is 10.6. The molecule has 3 N–H and O–H groups in total. The van der Waals surface area contributed by atoms with E-state index in [-0.39, 0.29) is 35.2 Å². The minimum absolute atomic E-state index is 0.0367. The number of ether oxygens (including phenoxy) is 3. The summed E-state index contributed by atoms with van der Waals surface area (Å²) in [6.07, 6.45) is 1.43. The highest BCUT2D eigenvalue weighted by molar-refractivity contribution is 6.35. The molecule has 4 rings (SSSR count). The highest BCUT2D eigenvalue weighted by atomic mass is 35.5. The van der Waals surface area contributed by atoms with Crippen molar-refractivity contribution in [2.75, 3.05) is 31.5 Å². The average Bonchev–Trinajstić information content (AvgIpc) is 2.94. The zero-order chi connectivity index (χ0) is 27.9. The van der Waals surface area contributed by atoms with Crippen LogP contribution in [0.1, 0.15) is 5.56 Å². The molecule has 39 heavy (non-hydrogen) atoms. The van der Waals surface area contributed by atoms with Crippen molar-refractivity contribution in [1.82, 2.24) is 9.97 Å². The van der Waals surface area contributed by atoms with E-state index in [2.05, 4.69) is 25.3 Å². The van der Waals surface area contributed by atoms with Crippen LogP contribution in [0, 0.1) is 11.2 Å². The first-order valence-corrected chi connectivity index (χ1v) is 11.9. The second-order valence-corrected chi connectivity index (χ2v) is 8.56. The molecule has 12 heteroatoms. The van der Waals surface area contributed by atoms with Crippen LogP contribution in [-0.2, 0) is 20.7 Å². The molecule has 0 atom stereocenters. The molecule has 3 aromatic carbocycles. The number of methoxy groups -OCH3 is 2. The first kappa shape index (κ1) is 27.3. The Labute approximate surface area is 227 Å². The second kappa shape index (κ2) is 12.2. The summed E-state index contributed by atoms with van der Waals surface area (Å²) in [6, 6.07) is 14.5. The molecule has 0 spiro atoms. The summed E-state index contributed by atoms with van der Waals surface area (Å²) in [4.78, 5) is 32.4. The third-order valence-electron chi connectivity index (χ3n) is 5.53. The van der Waals surface area contributed by atoms with Crippen molar-refractivity contribution in [2.45, 2.75) is 6.42 Å². The van der Waals surface area contributed by atoms with Gasteiger partial charge in [-0.05, 0) is 35.9 Å². The molecule has 1 amide bonds. The molecule has 1 aromatic heterocycles. The van der Waals surface area contributed by atoms with Crippen LogP contribution in [0.25, 0.3) is 10.9 Å². The number of hydrogen-bond donors (Lipinski definition) is 3. The number of fused-ring (bicyclic) bond motifs is 1. The smallest absolute Gasteiger partial charge is 0.352 e. The summed E-state index contributed by atoms with van der Waals surface area (Å²) >= 11 is 5.89. The maximum absolute atomic E-state index is 14.4. The molecule has 0 saturated heterocycles. The van der Waals surface area contributed by atoms with Gasteiger partial charge in [-0.2, -0.15) is 0 Å². The fourth-order valence-corrected chi connectivity index (χ4v) is 3.78. The van der Waals surface area contributed by atoms with Gasteiger partial charge in [-0.1, -0.05) is 29.8 Å². The van der Waals surface area contributed by atoms with Crippen LogP contribution in [0.2, 0.25) is 5.02 Å². The third kappa shape index (κ3) is 6.57. The molecule has 0 saturated carbocycles. The topological polar surface area (TPSA) is 136 Å². The Bertz CT molecular complexity index is 1550. The van der Waals surface area contributed by atoms with Gasteiger partial charge in [0.25, 0.3) is 5.91 Å². The summed E-state index contributed by atoms with van der Waals surface area (Å²) in [5.41, 5.74) is 1.68. The molecule has 4 aromatic rings. The molecule has 0 bridgehead atoms. The van der Waals surface area contributed by atoms with Crippen molar-refractivity contribution in [2.24, 2.45) is 0 Å². The molecule has 0 unspecified atom stereocenters. The fraction of sp³-hybridized carbons (Fsp3) is 0.148. The highest BCUT2D eigenvalue weighted by Gasteiger charge is 2.15. The van der Waals surface area contributed by atoms with Gasteiger partial charge in [-0.25, -0.2) is 19.2 Å². The van der Waals surface area contributed by atoms with E-state index < -0.39 is 17.7 Å². The molecule has 0 aliphatic carbocycles. The monoisotopic (exact) mass is 551 g/mol. The van der Waals surface area contributed by atoms with E-state index in [9.17, 15) is 14.0 Å². The Hall–Kier alpha value is -4.77. The van der Waals surface area contributed by atoms with E-state index in [1.807, 2.05) is 0 Å². The number of esters is 1. The van der Waals surface area contributed by atoms with E-state index in [1.54, 1.807) is 42.5 Å². The zero-order valence-corrected chi connectivity index (χ0v) is 21.6. The van der Waals surface area contributed by atoms with Gasteiger partial charge in [-0.15, -0.1) is 0 Å². The lowest BCUT2D eigenvalue weighted by atomic mass is 10.1. The van der Waals surface area contributed by atoms with Crippen LogP contribution in [-0.4, -0.2) is 48.4 Å². The molecule has 0 radical (unpaired) electrons. The molecular formula is C27H23ClFN5O5. The first-order valence-electron chi connectivity index (χ1n) is 11.5. The number of halogens is 2. The van der Waals surface area contributed by atoms with E-state index >= 15 is 0 Å². The molecule has 0 aliphatic rings. The van der Waals surface area contributed by atoms with Crippen molar-refractivity contribution >= 4 is 57.3 Å². The van der Waals surface area contributed by atoms with E-state index in [4.69, 9.17) is 26.5 Å². The van der Waals surface area contributed by atoms with Gasteiger partial charge in [0, 0.05) is 23.6 Å². The Morgan fingerprint density at radius 3 is 2.54 bits per heavy atom. The summed E-state index contributed by atoms with van der Waals surface area (Å²) < 4.78 is 30.1. The van der Waals surface area contributed by atoms with Gasteiger partial charge in [-0.3, -0.25) is 10.2 Å². The van der Waals surface area contributed by atoms with Crippen LogP contribution in [0.3, 0.4) is 0 Å². The van der Waals surface area contributed by atoms with Crippen LogP contribution >= 0.6 is 11.6 Å². The Morgan fingerprint density at radius 2 is 1.82 bits per heavy atom. The number of hydrogen-bond acceptors (Lipinski definition) is 9. The molecule has 0 fully saturated rings. The SMILES string of the molecule is COC(=O)C(=N)Cc1ccc(NC(=O)COc2cc3c(Nc4cccc(Cl)c4F)ncnc3cc2OC)cc1. The summed E-state index contributed by atoms with van der Waals surface area (Å²) in [6.45, 7) is -0.337. The number of nitrogens with one attached hydrogen (secondary N) is 3. The van der Waals surface area contributed by atoms with Crippen molar-refractivity contribution in [3.63, 3.8) is 0 Å². The minimum atomic E-state index is -0.695. The number of amides is 1. The lowest BCUT2D eigenvalue weighted by Gasteiger charge is -2.14. The molecular weight excluding hydrogens is 529 g/mol.